The molecule has 0 radical (unpaired) electrons. The number of aromatic nitrogens is 3. The molecular weight excluding hydrogens is 338 g/mol. The standard InChI is InChI=1S/C21H33N5O/c1-15(2)8-9-24-10-12-25(13-11-24)21(27)7-6-19-17(4)22-20-14-16(3)23-26(20)18(19)5/h14-15H,6-13H2,1-5H3. The van der Waals surface area contributed by atoms with Crippen LogP contribution >= 0.6 is 0 Å². The maximum Gasteiger partial charge on any atom is 0.222 e. The molecule has 3 rings (SSSR count). The van der Waals surface area contributed by atoms with Crippen LogP contribution in [0.2, 0.25) is 0 Å². The number of amides is 1. The predicted octanol–water partition coefficient (Wildman–Crippen LogP) is 2.78. The number of hydrogen-bond acceptors (Lipinski definition) is 4. The summed E-state index contributed by atoms with van der Waals surface area (Å²) in [4.78, 5) is 21.9. The number of nitrogens with zero attached hydrogens (tertiary/aromatic N) is 5. The SMILES string of the molecule is Cc1cc2nc(C)c(CCC(=O)N3CCN(CCC(C)C)CC3)c(C)n2n1. The molecule has 1 fully saturated rings. The average Bonchev–Trinajstić information content (AvgIpc) is 3.00. The molecule has 0 unspecified atom stereocenters. The van der Waals surface area contributed by atoms with E-state index < -0.39 is 0 Å². The molecule has 0 N–H and O–H groups in total. The zero-order valence-corrected chi connectivity index (χ0v) is 17.5. The molecule has 0 spiro atoms. The summed E-state index contributed by atoms with van der Waals surface area (Å²) in [6.45, 7) is 15.5. The highest BCUT2D eigenvalue weighted by atomic mass is 16.2. The fourth-order valence-corrected chi connectivity index (χ4v) is 3.85. The zero-order valence-electron chi connectivity index (χ0n) is 17.5. The van der Waals surface area contributed by atoms with Crippen LogP contribution < -0.4 is 0 Å². The Labute approximate surface area is 162 Å². The van der Waals surface area contributed by atoms with Crippen molar-refractivity contribution in [1.82, 2.24) is 24.4 Å². The second-order valence-electron chi connectivity index (χ2n) is 8.22. The monoisotopic (exact) mass is 371 g/mol. The van der Waals surface area contributed by atoms with Gasteiger partial charge in [-0.15, -0.1) is 0 Å². The first kappa shape index (κ1) is 19.8. The van der Waals surface area contributed by atoms with Crippen LogP contribution in [0.4, 0.5) is 0 Å². The molecule has 2 aromatic rings. The lowest BCUT2D eigenvalue weighted by Crippen LogP contribution is -2.49. The van der Waals surface area contributed by atoms with Gasteiger partial charge >= 0.3 is 0 Å². The van der Waals surface area contributed by atoms with Crippen LogP contribution in [0.25, 0.3) is 5.65 Å². The van der Waals surface area contributed by atoms with Crippen LogP contribution in [0.15, 0.2) is 6.07 Å². The lowest BCUT2D eigenvalue weighted by Gasteiger charge is -2.35. The number of aryl methyl sites for hydroxylation is 3. The quantitative estimate of drug-likeness (QED) is 0.783. The first-order chi connectivity index (χ1) is 12.8. The van der Waals surface area contributed by atoms with Gasteiger partial charge in [0.25, 0.3) is 0 Å². The molecule has 27 heavy (non-hydrogen) atoms. The number of hydrogen-bond donors (Lipinski definition) is 0. The number of piperazine rings is 1. The van der Waals surface area contributed by atoms with Gasteiger partial charge in [-0.3, -0.25) is 9.69 Å². The highest BCUT2D eigenvalue weighted by Gasteiger charge is 2.21. The van der Waals surface area contributed by atoms with Gasteiger partial charge in [-0.05, 0) is 51.6 Å². The van der Waals surface area contributed by atoms with Crippen molar-refractivity contribution in [3.8, 4) is 0 Å². The van der Waals surface area contributed by atoms with Gasteiger partial charge in [-0.2, -0.15) is 5.10 Å². The van der Waals surface area contributed by atoms with Gasteiger partial charge in [-0.1, -0.05) is 13.8 Å². The minimum Gasteiger partial charge on any atom is -0.340 e. The molecule has 148 valence electrons. The summed E-state index contributed by atoms with van der Waals surface area (Å²) in [7, 11) is 0. The predicted molar refractivity (Wildman–Crippen MR) is 108 cm³/mol. The zero-order chi connectivity index (χ0) is 19.6. The van der Waals surface area contributed by atoms with Gasteiger partial charge < -0.3 is 4.90 Å². The van der Waals surface area contributed by atoms with E-state index in [-0.39, 0.29) is 5.91 Å². The van der Waals surface area contributed by atoms with E-state index >= 15 is 0 Å². The van der Waals surface area contributed by atoms with Crippen molar-refractivity contribution in [2.75, 3.05) is 32.7 Å². The molecule has 1 amide bonds. The Balaban J connectivity index is 1.56. The molecule has 1 aliphatic heterocycles. The Morgan fingerprint density at radius 2 is 1.85 bits per heavy atom. The van der Waals surface area contributed by atoms with Crippen LogP contribution in [-0.4, -0.2) is 63.0 Å². The average molecular weight is 372 g/mol. The normalized spacial score (nSPS) is 15.9. The lowest BCUT2D eigenvalue weighted by molar-refractivity contribution is -0.132. The summed E-state index contributed by atoms with van der Waals surface area (Å²) in [5.74, 6) is 0.995. The molecular formula is C21H33N5O. The van der Waals surface area contributed by atoms with Crippen LogP contribution in [0.5, 0.6) is 0 Å². The molecule has 0 aliphatic carbocycles. The van der Waals surface area contributed by atoms with E-state index in [9.17, 15) is 4.79 Å². The summed E-state index contributed by atoms with van der Waals surface area (Å²) < 4.78 is 1.90. The first-order valence-electron chi connectivity index (χ1n) is 10.2. The minimum absolute atomic E-state index is 0.258. The van der Waals surface area contributed by atoms with Crippen LogP contribution in [0.3, 0.4) is 0 Å². The number of rotatable bonds is 6. The Hall–Kier alpha value is -1.95. The third-order valence-electron chi connectivity index (χ3n) is 5.62. The smallest absolute Gasteiger partial charge is 0.222 e. The van der Waals surface area contributed by atoms with Gasteiger partial charge in [0.1, 0.15) is 0 Å². The van der Waals surface area contributed by atoms with Crippen molar-refractivity contribution >= 4 is 11.6 Å². The fraction of sp³-hybridized carbons (Fsp3) is 0.667. The fourth-order valence-electron chi connectivity index (χ4n) is 3.85. The van der Waals surface area contributed by atoms with Gasteiger partial charge in [0.15, 0.2) is 5.65 Å². The second kappa shape index (κ2) is 8.38. The van der Waals surface area contributed by atoms with E-state index in [2.05, 4.69) is 35.8 Å². The van der Waals surface area contributed by atoms with E-state index in [0.29, 0.717) is 6.42 Å². The third kappa shape index (κ3) is 4.67. The van der Waals surface area contributed by atoms with Crippen LogP contribution in [0, 0.1) is 26.7 Å². The molecule has 6 nitrogen and oxygen atoms in total. The molecule has 0 aromatic carbocycles. The van der Waals surface area contributed by atoms with E-state index in [1.54, 1.807) is 0 Å². The van der Waals surface area contributed by atoms with Gasteiger partial charge in [0, 0.05) is 50.1 Å². The molecule has 1 saturated heterocycles. The van der Waals surface area contributed by atoms with E-state index in [4.69, 9.17) is 0 Å². The van der Waals surface area contributed by atoms with E-state index in [0.717, 1.165) is 73.4 Å². The Morgan fingerprint density at radius 3 is 2.52 bits per heavy atom. The highest BCUT2D eigenvalue weighted by Crippen LogP contribution is 2.18. The molecule has 0 bridgehead atoms. The number of fused-ring (bicyclic) bond motifs is 1. The van der Waals surface area contributed by atoms with E-state index in [1.165, 1.54) is 6.42 Å². The first-order valence-corrected chi connectivity index (χ1v) is 10.2. The Bertz CT molecular complexity index is 802. The Kier molecular flexibility index (Phi) is 6.15. The molecule has 0 saturated carbocycles. The Morgan fingerprint density at radius 1 is 1.15 bits per heavy atom. The maximum absolute atomic E-state index is 12.7. The van der Waals surface area contributed by atoms with E-state index in [1.807, 2.05) is 29.3 Å². The van der Waals surface area contributed by atoms with Gasteiger partial charge in [0.2, 0.25) is 5.91 Å². The van der Waals surface area contributed by atoms with Crippen molar-refractivity contribution in [3.05, 3.63) is 28.7 Å². The van der Waals surface area contributed by atoms with Crippen molar-refractivity contribution < 1.29 is 4.79 Å². The number of carbonyl (C=O) groups is 1. The van der Waals surface area contributed by atoms with Crippen LogP contribution in [0.1, 0.15) is 49.3 Å². The maximum atomic E-state index is 12.7. The van der Waals surface area contributed by atoms with Crippen LogP contribution in [-0.2, 0) is 11.2 Å². The highest BCUT2D eigenvalue weighted by molar-refractivity contribution is 5.76. The summed E-state index contributed by atoms with van der Waals surface area (Å²) in [6.07, 6.45) is 2.50. The van der Waals surface area contributed by atoms with Crippen molar-refractivity contribution in [2.45, 2.75) is 53.9 Å². The number of carbonyl (C=O) groups excluding carboxylic acids is 1. The molecule has 1 aliphatic rings. The lowest BCUT2D eigenvalue weighted by atomic mass is 10.1. The summed E-state index contributed by atoms with van der Waals surface area (Å²) in [5, 5.41) is 4.52. The van der Waals surface area contributed by atoms with Gasteiger partial charge in [0.05, 0.1) is 5.69 Å². The molecule has 2 aromatic heterocycles. The van der Waals surface area contributed by atoms with Crippen molar-refractivity contribution in [2.24, 2.45) is 5.92 Å². The second-order valence-corrected chi connectivity index (χ2v) is 8.22. The van der Waals surface area contributed by atoms with Crippen molar-refractivity contribution in [1.29, 1.82) is 0 Å². The summed E-state index contributed by atoms with van der Waals surface area (Å²) >= 11 is 0. The molecule has 6 heteroatoms. The molecule has 0 atom stereocenters. The third-order valence-corrected chi connectivity index (χ3v) is 5.62. The molecule has 3 heterocycles. The summed E-state index contributed by atoms with van der Waals surface area (Å²) in [6, 6.07) is 1.99. The summed E-state index contributed by atoms with van der Waals surface area (Å²) in [5.41, 5.74) is 5.10. The van der Waals surface area contributed by atoms with Crippen molar-refractivity contribution in [3.63, 3.8) is 0 Å². The largest absolute Gasteiger partial charge is 0.340 e. The topological polar surface area (TPSA) is 53.7 Å². The minimum atomic E-state index is 0.258. The van der Waals surface area contributed by atoms with Gasteiger partial charge in [-0.25, -0.2) is 9.50 Å².